The van der Waals surface area contributed by atoms with Crippen LogP contribution >= 0.6 is 0 Å². The fourth-order valence-electron chi connectivity index (χ4n) is 3.63. The molecule has 3 amide bonds. The molecule has 2 aliphatic rings. The Hall–Kier alpha value is -3.35. The predicted molar refractivity (Wildman–Crippen MR) is 110 cm³/mol. The van der Waals surface area contributed by atoms with Gasteiger partial charge in [-0.05, 0) is 35.6 Å². The topological polar surface area (TPSA) is 84.9 Å². The molecule has 1 atom stereocenters. The van der Waals surface area contributed by atoms with Crippen molar-refractivity contribution in [3.05, 3.63) is 59.2 Å². The highest BCUT2D eigenvalue weighted by molar-refractivity contribution is 6.11. The van der Waals surface area contributed by atoms with Crippen LogP contribution in [0.15, 0.2) is 42.5 Å². The fourth-order valence-corrected chi connectivity index (χ4v) is 3.63. The van der Waals surface area contributed by atoms with Crippen LogP contribution < -0.4 is 14.8 Å². The molecule has 0 aliphatic carbocycles. The number of urea groups is 1. The molecule has 0 radical (unpaired) electrons. The molecule has 1 N–H and O–H groups in total. The molecule has 2 heterocycles. The number of hydrogen-bond donors (Lipinski definition) is 1. The van der Waals surface area contributed by atoms with Crippen LogP contribution in [-0.4, -0.2) is 36.0 Å². The summed E-state index contributed by atoms with van der Waals surface area (Å²) in [6.07, 6.45) is 0. The number of carbonyl (C=O) groups is 3. The van der Waals surface area contributed by atoms with Gasteiger partial charge in [0.05, 0.1) is 6.54 Å². The summed E-state index contributed by atoms with van der Waals surface area (Å²) in [6.45, 7) is 7.69. The first-order valence-electron chi connectivity index (χ1n) is 9.77. The van der Waals surface area contributed by atoms with Crippen molar-refractivity contribution in [3.8, 4) is 11.5 Å². The average molecular weight is 408 g/mol. The first-order valence-corrected chi connectivity index (χ1v) is 9.77. The van der Waals surface area contributed by atoms with Crippen LogP contribution in [0.5, 0.6) is 11.5 Å². The standard InChI is InChI=1S/C23H24N2O5/c1-22(2,3)15-7-5-14(6-8-15)17(26)12-25-20(27)23(4,24-21(25)28)16-9-10-18-19(11-16)30-13-29-18/h5-11H,12-13H2,1-4H3,(H,24,28). The molecular weight excluding hydrogens is 384 g/mol. The third kappa shape index (κ3) is 3.30. The molecule has 0 aromatic heterocycles. The molecule has 2 aromatic carbocycles. The van der Waals surface area contributed by atoms with Gasteiger partial charge in [0, 0.05) is 5.56 Å². The van der Waals surface area contributed by atoms with Crippen molar-refractivity contribution < 1.29 is 23.9 Å². The number of ketones is 1. The number of rotatable bonds is 4. The monoisotopic (exact) mass is 408 g/mol. The van der Waals surface area contributed by atoms with Gasteiger partial charge >= 0.3 is 6.03 Å². The smallest absolute Gasteiger partial charge is 0.325 e. The van der Waals surface area contributed by atoms with Crippen molar-refractivity contribution in [2.45, 2.75) is 38.6 Å². The summed E-state index contributed by atoms with van der Waals surface area (Å²) in [4.78, 5) is 39.4. The number of Topliss-reactive ketones (excluding diaryl/α,β-unsaturated/α-hetero) is 1. The summed E-state index contributed by atoms with van der Waals surface area (Å²) in [5, 5.41) is 2.71. The van der Waals surface area contributed by atoms with Crippen molar-refractivity contribution in [2.24, 2.45) is 0 Å². The normalized spacial score (nSPS) is 20.5. The van der Waals surface area contributed by atoms with E-state index in [1.807, 2.05) is 12.1 Å². The van der Waals surface area contributed by atoms with Crippen molar-refractivity contribution in [1.82, 2.24) is 10.2 Å². The SMILES string of the molecule is CC(C)(C)c1ccc(C(=O)CN2C(=O)NC(C)(c3ccc4c(c3)OCO4)C2=O)cc1. The van der Waals surface area contributed by atoms with Crippen LogP contribution in [-0.2, 0) is 15.7 Å². The van der Waals surface area contributed by atoms with E-state index >= 15 is 0 Å². The molecule has 1 unspecified atom stereocenters. The molecule has 30 heavy (non-hydrogen) atoms. The van der Waals surface area contributed by atoms with E-state index in [0.717, 1.165) is 10.5 Å². The van der Waals surface area contributed by atoms with Gasteiger partial charge in [0.2, 0.25) is 6.79 Å². The Bertz CT molecular complexity index is 1040. The summed E-state index contributed by atoms with van der Waals surface area (Å²) in [7, 11) is 0. The Morgan fingerprint density at radius 3 is 2.40 bits per heavy atom. The van der Waals surface area contributed by atoms with E-state index in [0.29, 0.717) is 22.6 Å². The van der Waals surface area contributed by atoms with Gasteiger partial charge in [0.15, 0.2) is 17.3 Å². The van der Waals surface area contributed by atoms with E-state index in [-0.39, 0.29) is 24.5 Å². The number of ether oxygens (including phenoxy) is 2. The summed E-state index contributed by atoms with van der Waals surface area (Å²) in [6, 6.07) is 11.8. The maximum atomic E-state index is 13.1. The van der Waals surface area contributed by atoms with Gasteiger partial charge in [-0.15, -0.1) is 0 Å². The van der Waals surface area contributed by atoms with Crippen molar-refractivity contribution in [2.75, 3.05) is 13.3 Å². The zero-order valence-corrected chi connectivity index (χ0v) is 17.4. The number of fused-ring (bicyclic) bond motifs is 1. The maximum Gasteiger partial charge on any atom is 0.325 e. The Kier molecular flexibility index (Phi) is 4.56. The highest BCUT2D eigenvalue weighted by Crippen LogP contribution is 2.37. The van der Waals surface area contributed by atoms with E-state index < -0.39 is 17.5 Å². The van der Waals surface area contributed by atoms with E-state index in [1.54, 1.807) is 37.3 Å². The average Bonchev–Trinajstić information content (AvgIpc) is 3.25. The highest BCUT2D eigenvalue weighted by atomic mass is 16.7. The molecule has 7 heteroatoms. The molecule has 0 saturated carbocycles. The third-order valence-electron chi connectivity index (χ3n) is 5.60. The fraction of sp³-hybridized carbons (Fsp3) is 0.348. The number of imide groups is 1. The predicted octanol–water partition coefficient (Wildman–Crippen LogP) is 3.36. The maximum absolute atomic E-state index is 13.1. The van der Waals surface area contributed by atoms with Crippen molar-refractivity contribution >= 4 is 17.7 Å². The molecule has 7 nitrogen and oxygen atoms in total. The van der Waals surface area contributed by atoms with Gasteiger partial charge in [-0.25, -0.2) is 4.79 Å². The summed E-state index contributed by atoms with van der Waals surface area (Å²) in [5.41, 5.74) is 0.812. The third-order valence-corrected chi connectivity index (χ3v) is 5.60. The van der Waals surface area contributed by atoms with E-state index in [4.69, 9.17) is 9.47 Å². The Morgan fingerprint density at radius 2 is 1.73 bits per heavy atom. The van der Waals surface area contributed by atoms with Crippen LogP contribution in [0.4, 0.5) is 4.79 Å². The zero-order chi connectivity index (χ0) is 21.7. The number of amides is 3. The number of carbonyl (C=O) groups excluding carboxylic acids is 3. The van der Waals surface area contributed by atoms with E-state index in [9.17, 15) is 14.4 Å². The Morgan fingerprint density at radius 1 is 1.07 bits per heavy atom. The lowest BCUT2D eigenvalue weighted by Gasteiger charge is -2.22. The quantitative estimate of drug-likeness (QED) is 0.619. The van der Waals surface area contributed by atoms with E-state index in [2.05, 4.69) is 26.1 Å². The Balaban J connectivity index is 1.53. The van der Waals surface area contributed by atoms with Crippen molar-refractivity contribution in [1.29, 1.82) is 0 Å². The van der Waals surface area contributed by atoms with E-state index in [1.165, 1.54) is 0 Å². The van der Waals surface area contributed by atoms with Crippen LogP contribution in [0.25, 0.3) is 0 Å². The van der Waals surface area contributed by atoms with Gasteiger partial charge in [-0.1, -0.05) is 51.1 Å². The first kappa shape index (κ1) is 19.9. The number of hydrogen-bond acceptors (Lipinski definition) is 5. The lowest BCUT2D eigenvalue weighted by molar-refractivity contribution is -0.130. The largest absolute Gasteiger partial charge is 0.454 e. The van der Waals surface area contributed by atoms with Crippen molar-refractivity contribution in [3.63, 3.8) is 0 Å². The second-order valence-corrected chi connectivity index (χ2v) is 8.77. The summed E-state index contributed by atoms with van der Waals surface area (Å²) >= 11 is 0. The van der Waals surface area contributed by atoms with Gasteiger partial charge < -0.3 is 14.8 Å². The molecule has 0 spiro atoms. The van der Waals surface area contributed by atoms with Gasteiger partial charge in [-0.3, -0.25) is 14.5 Å². The van der Waals surface area contributed by atoms with Crippen LogP contribution in [0.3, 0.4) is 0 Å². The second kappa shape index (κ2) is 6.86. The lowest BCUT2D eigenvalue weighted by Crippen LogP contribution is -2.41. The second-order valence-electron chi connectivity index (χ2n) is 8.77. The first-order chi connectivity index (χ1) is 14.1. The van der Waals surface area contributed by atoms with Crippen LogP contribution in [0, 0.1) is 0 Å². The molecule has 1 saturated heterocycles. The van der Waals surface area contributed by atoms with Gasteiger partial charge in [0.25, 0.3) is 5.91 Å². The highest BCUT2D eigenvalue weighted by Gasteiger charge is 2.49. The van der Waals surface area contributed by atoms with Gasteiger partial charge in [0.1, 0.15) is 5.54 Å². The lowest BCUT2D eigenvalue weighted by atomic mass is 9.86. The number of nitrogens with one attached hydrogen (secondary N) is 1. The molecular formula is C23H24N2O5. The Labute approximate surface area is 175 Å². The molecule has 156 valence electrons. The number of benzene rings is 2. The van der Waals surface area contributed by atoms with Crippen LogP contribution in [0.2, 0.25) is 0 Å². The summed E-state index contributed by atoms with van der Waals surface area (Å²) < 4.78 is 10.7. The van der Waals surface area contributed by atoms with Gasteiger partial charge in [-0.2, -0.15) is 0 Å². The molecule has 2 aliphatic heterocycles. The number of nitrogens with zero attached hydrogens (tertiary/aromatic N) is 1. The molecule has 2 aromatic rings. The minimum absolute atomic E-state index is 0.0290. The molecule has 1 fully saturated rings. The minimum Gasteiger partial charge on any atom is -0.454 e. The summed E-state index contributed by atoms with van der Waals surface area (Å²) in [5.74, 6) is 0.328. The minimum atomic E-state index is -1.28. The zero-order valence-electron chi connectivity index (χ0n) is 17.4. The molecule has 0 bridgehead atoms. The van der Waals surface area contributed by atoms with Crippen LogP contribution in [0.1, 0.15) is 49.2 Å². The molecule has 4 rings (SSSR count).